The van der Waals surface area contributed by atoms with Gasteiger partial charge in [-0.3, -0.25) is 0 Å². The molecule has 1 aromatic heterocycles. The highest BCUT2D eigenvalue weighted by Crippen LogP contribution is 2.18. The summed E-state index contributed by atoms with van der Waals surface area (Å²) in [6.45, 7) is 0. The molecule has 1 aromatic carbocycles. The lowest BCUT2D eigenvalue weighted by atomic mass is 10.1. The summed E-state index contributed by atoms with van der Waals surface area (Å²) in [6, 6.07) is 9.10. The third kappa shape index (κ3) is 2.71. The number of hydrogen-bond acceptors (Lipinski definition) is 5. The normalized spacial score (nSPS) is 9.78. The number of nitrogens with one attached hydrogen (secondary N) is 1. The van der Waals surface area contributed by atoms with Crippen LogP contribution in [0.3, 0.4) is 0 Å². The van der Waals surface area contributed by atoms with Crippen LogP contribution in [0.2, 0.25) is 0 Å². The van der Waals surface area contributed by atoms with Crippen molar-refractivity contribution in [3.05, 3.63) is 41.8 Å². The summed E-state index contributed by atoms with van der Waals surface area (Å²) in [5.41, 5.74) is 6.93. The minimum absolute atomic E-state index is 0.000000610. The second-order valence-electron chi connectivity index (χ2n) is 3.58. The molecule has 6 heteroatoms. The van der Waals surface area contributed by atoms with Gasteiger partial charge in [-0.2, -0.15) is 10.2 Å². The fourth-order valence-corrected chi connectivity index (χ4v) is 1.40. The van der Waals surface area contributed by atoms with E-state index in [-0.39, 0.29) is 11.8 Å². The quantitative estimate of drug-likeness (QED) is 0.860. The Balaban J connectivity index is 2.18. The molecule has 1 heterocycles. The Morgan fingerprint density at radius 1 is 1.33 bits per heavy atom. The first-order valence-electron chi connectivity index (χ1n) is 5.20. The van der Waals surface area contributed by atoms with Crippen LogP contribution in [0.25, 0.3) is 0 Å². The second kappa shape index (κ2) is 5.10. The van der Waals surface area contributed by atoms with Crippen LogP contribution in [0.15, 0.2) is 30.5 Å². The molecule has 0 bridgehead atoms. The van der Waals surface area contributed by atoms with Gasteiger partial charge in [0.05, 0.1) is 18.7 Å². The van der Waals surface area contributed by atoms with Crippen LogP contribution in [-0.4, -0.2) is 9.97 Å². The van der Waals surface area contributed by atoms with E-state index < -0.39 is 5.82 Å². The number of benzene rings is 1. The summed E-state index contributed by atoms with van der Waals surface area (Å²) < 4.78 is 13.4. The standard InChI is InChI=1S/C12H10FN5/c13-10-7-16-12(15)18-11(10)17-9-3-1-8(2-4-9)5-6-14/h1-4,7H,5H2,(H3,15,16,17,18). The van der Waals surface area contributed by atoms with Crippen LogP contribution in [0.1, 0.15) is 5.56 Å². The van der Waals surface area contributed by atoms with Gasteiger partial charge in [0, 0.05) is 5.69 Å². The number of aromatic nitrogens is 2. The first-order chi connectivity index (χ1) is 8.69. The van der Waals surface area contributed by atoms with E-state index >= 15 is 0 Å². The molecule has 0 radical (unpaired) electrons. The van der Waals surface area contributed by atoms with Crippen LogP contribution in [0.5, 0.6) is 0 Å². The number of halogens is 1. The topological polar surface area (TPSA) is 87.6 Å². The smallest absolute Gasteiger partial charge is 0.222 e. The van der Waals surface area contributed by atoms with E-state index in [1.807, 2.05) is 0 Å². The maximum Gasteiger partial charge on any atom is 0.222 e. The Morgan fingerprint density at radius 2 is 2.06 bits per heavy atom. The summed E-state index contributed by atoms with van der Waals surface area (Å²) in [7, 11) is 0. The molecule has 0 aliphatic heterocycles. The van der Waals surface area contributed by atoms with E-state index in [1.54, 1.807) is 24.3 Å². The predicted octanol–water partition coefficient (Wildman–Crippen LogP) is 2.01. The number of nitriles is 1. The molecule has 2 rings (SSSR count). The Bertz CT molecular complexity index is 588. The number of anilines is 3. The maximum atomic E-state index is 13.4. The molecule has 3 N–H and O–H groups in total. The molecule has 0 atom stereocenters. The molecular weight excluding hydrogens is 233 g/mol. The molecule has 90 valence electrons. The molecule has 0 saturated carbocycles. The van der Waals surface area contributed by atoms with Gasteiger partial charge in [0.15, 0.2) is 11.6 Å². The van der Waals surface area contributed by atoms with Crippen molar-refractivity contribution >= 4 is 17.5 Å². The number of nitrogen functional groups attached to an aromatic ring is 1. The lowest BCUT2D eigenvalue weighted by Gasteiger charge is -2.07. The molecule has 18 heavy (non-hydrogen) atoms. The van der Waals surface area contributed by atoms with E-state index in [4.69, 9.17) is 11.0 Å². The van der Waals surface area contributed by atoms with Gasteiger partial charge in [-0.15, -0.1) is 0 Å². The summed E-state index contributed by atoms with van der Waals surface area (Å²) >= 11 is 0. The number of rotatable bonds is 3. The third-order valence-electron chi connectivity index (χ3n) is 2.26. The third-order valence-corrected chi connectivity index (χ3v) is 2.26. The van der Waals surface area contributed by atoms with Crippen molar-refractivity contribution in [2.75, 3.05) is 11.1 Å². The summed E-state index contributed by atoms with van der Waals surface area (Å²) in [5, 5.41) is 11.3. The Kier molecular flexibility index (Phi) is 3.34. The zero-order valence-corrected chi connectivity index (χ0v) is 9.39. The number of nitrogens with zero attached hydrogens (tertiary/aromatic N) is 3. The van der Waals surface area contributed by atoms with Gasteiger partial charge in [0.2, 0.25) is 5.95 Å². The Morgan fingerprint density at radius 3 is 2.72 bits per heavy atom. The van der Waals surface area contributed by atoms with Gasteiger partial charge in [-0.05, 0) is 17.7 Å². The van der Waals surface area contributed by atoms with Gasteiger partial charge in [-0.1, -0.05) is 12.1 Å². The molecular formula is C12H10FN5. The number of nitrogens with two attached hydrogens (primary N) is 1. The Hall–Kier alpha value is -2.68. The first-order valence-corrected chi connectivity index (χ1v) is 5.20. The van der Waals surface area contributed by atoms with Gasteiger partial charge in [0.25, 0.3) is 0 Å². The average molecular weight is 243 g/mol. The predicted molar refractivity (Wildman–Crippen MR) is 65.4 cm³/mol. The fraction of sp³-hybridized carbons (Fsp3) is 0.0833. The lowest BCUT2D eigenvalue weighted by molar-refractivity contribution is 0.620. The molecule has 2 aromatic rings. The average Bonchev–Trinajstić information content (AvgIpc) is 2.37. The van der Waals surface area contributed by atoms with Gasteiger partial charge in [0.1, 0.15) is 0 Å². The van der Waals surface area contributed by atoms with Crippen molar-refractivity contribution in [3.63, 3.8) is 0 Å². The highest BCUT2D eigenvalue weighted by atomic mass is 19.1. The van der Waals surface area contributed by atoms with E-state index in [0.29, 0.717) is 12.1 Å². The van der Waals surface area contributed by atoms with Gasteiger partial charge >= 0.3 is 0 Å². The zero-order valence-electron chi connectivity index (χ0n) is 9.39. The summed E-state index contributed by atoms with van der Waals surface area (Å²) in [5.74, 6) is -0.555. The Labute approximate surface area is 103 Å². The highest BCUT2D eigenvalue weighted by molar-refractivity contribution is 5.57. The second-order valence-corrected chi connectivity index (χ2v) is 3.58. The van der Waals surface area contributed by atoms with Crippen molar-refractivity contribution < 1.29 is 4.39 Å². The minimum Gasteiger partial charge on any atom is -0.368 e. The van der Waals surface area contributed by atoms with Crippen molar-refractivity contribution in [1.82, 2.24) is 9.97 Å². The van der Waals surface area contributed by atoms with E-state index in [2.05, 4.69) is 21.4 Å². The largest absolute Gasteiger partial charge is 0.368 e. The zero-order chi connectivity index (χ0) is 13.0. The highest BCUT2D eigenvalue weighted by Gasteiger charge is 2.05. The maximum absolute atomic E-state index is 13.4. The van der Waals surface area contributed by atoms with Crippen LogP contribution in [0, 0.1) is 17.1 Å². The van der Waals surface area contributed by atoms with Gasteiger partial charge in [-0.25, -0.2) is 9.37 Å². The first kappa shape index (κ1) is 11.8. The van der Waals surface area contributed by atoms with Crippen molar-refractivity contribution in [2.45, 2.75) is 6.42 Å². The molecule has 0 spiro atoms. The molecule has 0 unspecified atom stereocenters. The van der Waals surface area contributed by atoms with Crippen LogP contribution < -0.4 is 11.1 Å². The van der Waals surface area contributed by atoms with Crippen LogP contribution >= 0.6 is 0 Å². The van der Waals surface area contributed by atoms with Gasteiger partial charge < -0.3 is 11.1 Å². The monoisotopic (exact) mass is 243 g/mol. The summed E-state index contributed by atoms with van der Waals surface area (Å²) in [4.78, 5) is 7.29. The van der Waals surface area contributed by atoms with E-state index in [9.17, 15) is 4.39 Å². The van der Waals surface area contributed by atoms with E-state index in [0.717, 1.165) is 11.8 Å². The molecule has 0 aliphatic rings. The van der Waals surface area contributed by atoms with Crippen molar-refractivity contribution in [3.8, 4) is 6.07 Å². The lowest BCUT2D eigenvalue weighted by Crippen LogP contribution is -2.02. The van der Waals surface area contributed by atoms with E-state index in [1.165, 1.54) is 0 Å². The fourth-order valence-electron chi connectivity index (χ4n) is 1.40. The molecule has 5 nitrogen and oxygen atoms in total. The van der Waals surface area contributed by atoms with Crippen LogP contribution in [-0.2, 0) is 6.42 Å². The molecule has 0 fully saturated rings. The molecule has 0 saturated heterocycles. The summed E-state index contributed by atoms with van der Waals surface area (Å²) in [6.07, 6.45) is 1.35. The molecule has 0 amide bonds. The van der Waals surface area contributed by atoms with Crippen LogP contribution in [0.4, 0.5) is 21.8 Å². The van der Waals surface area contributed by atoms with Crippen molar-refractivity contribution in [2.24, 2.45) is 0 Å². The minimum atomic E-state index is -0.578. The molecule has 0 aliphatic carbocycles. The SMILES string of the molecule is N#CCc1ccc(Nc2nc(N)ncc2F)cc1. The van der Waals surface area contributed by atoms with Crippen molar-refractivity contribution in [1.29, 1.82) is 5.26 Å². The number of hydrogen-bond donors (Lipinski definition) is 2.